The van der Waals surface area contributed by atoms with E-state index >= 15 is 0 Å². The van der Waals surface area contributed by atoms with Gasteiger partial charge in [-0.25, -0.2) is 9.07 Å². The van der Waals surface area contributed by atoms with E-state index in [-0.39, 0.29) is 12.5 Å². The minimum Gasteiger partial charge on any atom is -0.481 e. The van der Waals surface area contributed by atoms with Crippen molar-refractivity contribution in [2.45, 2.75) is 32.2 Å². The Balaban J connectivity index is 2.42. The third-order valence-electron chi connectivity index (χ3n) is 2.99. The van der Waals surface area contributed by atoms with Crippen LogP contribution in [0.1, 0.15) is 32.2 Å². The maximum atomic E-state index is 13.5. The van der Waals surface area contributed by atoms with Crippen LogP contribution in [0.5, 0.6) is 0 Å². The first kappa shape index (κ1) is 15.6. The van der Waals surface area contributed by atoms with Gasteiger partial charge in [0.2, 0.25) is 0 Å². The predicted molar refractivity (Wildman–Crippen MR) is 77.1 cm³/mol. The highest BCUT2D eigenvalue weighted by atomic mass is 79.9. The summed E-state index contributed by atoms with van der Waals surface area (Å²) in [6.07, 6.45) is 1.34. The van der Waals surface area contributed by atoms with E-state index in [2.05, 4.69) is 31.5 Å². The lowest BCUT2D eigenvalue weighted by Gasteiger charge is -2.15. The van der Waals surface area contributed by atoms with Crippen LogP contribution < -0.4 is 0 Å². The van der Waals surface area contributed by atoms with Gasteiger partial charge in [-0.1, -0.05) is 29.3 Å². The number of tetrazole rings is 1. The Morgan fingerprint density at radius 1 is 1.48 bits per heavy atom. The number of hydrogen-bond acceptors (Lipinski definition) is 4. The molecule has 1 N–H and O–H groups in total. The number of aromatic nitrogens is 4. The monoisotopic (exact) mass is 356 g/mol. The van der Waals surface area contributed by atoms with Crippen LogP contribution in [0.25, 0.3) is 11.4 Å². The first-order valence-electron chi connectivity index (χ1n) is 6.47. The van der Waals surface area contributed by atoms with Gasteiger partial charge in [0.25, 0.3) is 0 Å². The second kappa shape index (κ2) is 6.75. The van der Waals surface area contributed by atoms with Gasteiger partial charge in [0.15, 0.2) is 5.82 Å². The molecule has 0 amide bonds. The molecule has 0 radical (unpaired) electrons. The Bertz CT molecular complexity index is 627. The number of rotatable bonds is 6. The van der Waals surface area contributed by atoms with Gasteiger partial charge in [0, 0.05) is 10.0 Å². The molecule has 1 unspecified atom stereocenters. The third-order valence-corrected chi connectivity index (χ3v) is 3.45. The smallest absolute Gasteiger partial charge is 0.305 e. The lowest BCUT2D eigenvalue weighted by molar-refractivity contribution is -0.138. The highest BCUT2D eigenvalue weighted by Gasteiger charge is 2.21. The molecule has 1 atom stereocenters. The van der Waals surface area contributed by atoms with Crippen LogP contribution in [-0.4, -0.2) is 31.3 Å². The van der Waals surface area contributed by atoms with Crippen molar-refractivity contribution in [2.24, 2.45) is 0 Å². The van der Waals surface area contributed by atoms with E-state index in [9.17, 15) is 9.18 Å². The van der Waals surface area contributed by atoms with Crippen LogP contribution in [0, 0.1) is 5.82 Å². The highest BCUT2D eigenvalue weighted by molar-refractivity contribution is 9.10. The van der Waals surface area contributed by atoms with E-state index in [1.54, 1.807) is 6.07 Å². The quantitative estimate of drug-likeness (QED) is 0.859. The molecule has 0 aliphatic heterocycles. The Morgan fingerprint density at radius 3 is 2.86 bits per heavy atom. The van der Waals surface area contributed by atoms with Gasteiger partial charge in [-0.15, -0.1) is 5.10 Å². The summed E-state index contributed by atoms with van der Waals surface area (Å²) in [4.78, 5) is 11.0. The fraction of sp³-hybridized carbons (Fsp3) is 0.385. The molecule has 0 aliphatic carbocycles. The molecule has 8 heteroatoms. The van der Waals surface area contributed by atoms with Crippen LogP contribution in [-0.2, 0) is 4.79 Å². The molecule has 2 rings (SSSR count). The van der Waals surface area contributed by atoms with E-state index < -0.39 is 11.8 Å². The van der Waals surface area contributed by atoms with Crippen molar-refractivity contribution in [1.29, 1.82) is 0 Å². The molecule has 0 saturated carbocycles. The standard InChI is InChI=1S/C13H14BrFN4O2/c1-2-3-11(7-12(20)21)19-13(16-17-18-19)8-4-9(14)6-10(15)5-8/h4-6,11H,2-3,7H2,1H3,(H,20,21). The number of carboxylic acids is 1. The Hall–Kier alpha value is -1.83. The van der Waals surface area contributed by atoms with Gasteiger partial charge in [-0.05, 0) is 35.0 Å². The molecule has 21 heavy (non-hydrogen) atoms. The highest BCUT2D eigenvalue weighted by Crippen LogP contribution is 2.27. The van der Waals surface area contributed by atoms with Gasteiger partial charge in [-0.2, -0.15) is 0 Å². The number of carbonyl (C=O) groups is 1. The summed E-state index contributed by atoms with van der Waals surface area (Å²) >= 11 is 3.22. The zero-order valence-corrected chi connectivity index (χ0v) is 12.9. The van der Waals surface area contributed by atoms with Crippen LogP contribution in [0.4, 0.5) is 4.39 Å². The maximum Gasteiger partial charge on any atom is 0.305 e. The molecule has 112 valence electrons. The van der Waals surface area contributed by atoms with Gasteiger partial charge in [0.05, 0.1) is 12.5 Å². The Labute approximate surface area is 129 Å². The molecule has 0 aliphatic rings. The van der Waals surface area contributed by atoms with E-state index in [1.807, 2.05) is 6.92 Å². The molecule has 0 saturated heterocycles. The molecule has 0 spiro atoms. The minimum absolute atomic E-state index is 0.0810. The summed E-state index contributed by atoms with van der Waals surface area (Å²) in [6, 6.07) is 3.98. The largest absolute Gasteiger partial charge is 0.481 e. The number of nitrogens with zero attached hydrogens (tertiary/aromatic N) is 4. The number of halogens is 2. The fourth-order valence-corrected chi connectivity index (χ4v) is 2.62. The zero-order chi connectivity index (χ0) is 15.4. The van der Waals surface area contributed by atoms with Gasteiger partial charge in [0.1, 0.15) is 5.82 Å². The summed E-state index contributed by atoms with van der Waals surface area (Å²) in [5.74, 6) is -0.982. The van der Waals surface area contributed by atoms with Crippen LogP contribution in [0.3, 0.4) is 0 Å². The van der Waals surface area contributed by atoms with E-state index in [1.165, 1.54) is 16.8 Å². The molecule has 1 heterocycles. The van der Waals surface area contributed by atoms with Crippen LogP contribution in [0.15, 0.2) is 22.7 Å². The molecular formula is C13H14BrFN4O2. The van der Waals surface area contributed by atoms with E-state index in [0.29, 0.717) is 22.3 Å². The molecule has 0 bridgehead atoms. The topological polar surface area (TPSA) is 80.9 Å². The predicted octanol–water partition coefficient (Wildman–Crippen LogP) is 3.06. The Morgan fingerprint density at radius 2 is 2.24 bits per heavy atom. The van der Waals surface area contributed by atoms with E-state index in [0.717, 1.165) is 6.42 Å². The van der Waals surface area contributed by atoms with Crippen molar-refractivity contribution < 1.29 is 14.3 Å². The number of hydrogen-bond donors (Lipinski definition) is 1. The van der Waals surface area contributed by atoms with Crippen molar-refractivity contribution in [1.82, 2.24) is 20.2 Å². The van der Waals surface area contributed by atoms with Crippen LogP contribution in [0.2, 0.25) is 0 Å². The lowest BCUT2D eigenvalue weighted by atomic mass is 10.1. The van der Waals surface area contributed by atoms with E-state index in [4.69, 9.17) is 5.11 Å². The van der Waals surface area contributed by atoms with Crippen molar-refractivity contribution in [3.63, 3.8) is 0 Å². The third kappa shape index (κ3) is 3.84. The van der Waals surface area contributed by atoms with Crippen LogP contribution >= 0.6 is 15.9 Å². The molecule has 2 aromatic rings. The molecule has 1 aromatic carbocycles. The SMILES string of the molecule is CCCC(CC(=O)O)n1nnnc1-c1cc(F)cc(Br)c1. The maximum absolute atomic E-state index is 13.5. The number of aliphatic carboxylic acids is 1. The molecular weight excluding hydrogens is 343 g/mol. The average molecular weight is 357 g/mol. The zero-order valence-electron chi connectivity index (χ0n) is 11.3. The van der Waals surface area contributed by atoms with Gasteiger partial charge >= 0.3 is 5.97 Å². The summed E-state index contributed by atoms with van der Waals surface area (Å²) in [5.41, 5.74) is 0.498. The molecule has 1 aromatic heterocycles. The molecule has 6 nitrogen and oxygen atoms in total. The lowest BCUT2D eigenvalue weighted by Crippen LogP contribution is -2.16. The van der Waals surface area contributed by atoms with Crippen molar-refractivity contribution >= 4 is 21.9 Å². The van der Waals surface area contributed by atoms with Crippen molar-refractivity contribution in [3.8, 4) is 11.4 Å². The Kier molecular flexibility index (Phi) is 5.00. The fourth-order valence-electron chi connectivity index (χ4n) is 2.16. The molecule has 0 fully saturated rings. The number of benzene rings is 1. The van der Waals surface area contributed by atoms with Crippen molar-refractivity contribution in [3.05, 3.63) is 28.5 Å². The first-order valence-corrected chi connectivity index (χ1v) is 7.26. The first-order chi connectivity index (χ1) is 10.0. The summed E-state index contributed by atoms with van der Waals surface area (Å²) in [5, 5.41) is 20.4. The normalized spacial score (nSPS) is 12.3. The van der Waals surface area contributed by atoms with Crippen molar-refractivity contribution in [2.75, 3.05) is 0 Å². The van der Waals surface area contributed by atoms with Gasteiger partial charge < -0.3 is 5.11 Å². The van der Waals surface area contributed by atoms with Gasteiger partial charge in [-0.3, -0.25) is 4.79 Å². The second-order valence-electron chi connectivity index (χ2n) is 4.65. The minimum atomic E-state index is -0.921. The average Bonchev–Trinajstić information content (AvgIpc) is 2.85. The number of carboxylic acid groups (broad SMARTS) is 1. The second-order valence-corrected chi connectivity index (χ2v) is 5.56. The summed E-state index contributed by atoms with van der Waals surface area (Å²) < 4.78 is 15.5. The summed E-state index contributed by atoms with van der Waals surface area (Å²) in [6.45, 7) is 1.96. The summed E-state index contributed by atoms with van der Waals surface area (Å²) in [7, 11) is 0.